The fourth-order valence-electron chi connectivity index (χ4n) is 11.9. The van der Waals surface area contributed by atoms with Crippen molar-refractivity contribution < 1.29 is 42.2 Å². The molecule has 10 rings (SSSR count). The van der Waals surface area contributed by atoms with Gasteiger partial charge in [0.05, 0.1) is 48.8 Å². The number of carbonyl (C=O) groups excluding carboxylic acids is 5. The zero-order valence-corrected chi connectivity index (χ0v) is 46.6. The van der Waals surface area contributed by atoms with Gasteiger partial charge in [-0.1, -0.05) is 40.5 Å². The summed E-state index contributed by atoms with van der Waals surface area (Å²) in [6.45, 7) is 8.25. The lowest BCUT2D eigenvalue weighted by Gasteiger charge is -2.47. The van der Waals surface area contributed by atoms with Gasteiger partial charge >= 0.3 is 0 Å². The molecule has 5 aliphatic rings. The van der Waals surface area contributed by atoms with E-state index in [2.05, 4.69) is 43.4 Å². The molecule has 1 saturated heterocycles. The number of carbonyl (C=O) groups is 5. The average molecular weight is 1130 g/mol. The van der Waals surface area contributed by atoms with Gasteiger partial charge in [-0.05, 0) is 107 Å². The molecule has 2 aromatic carbocycles. The quantitative estimate of drug-likeness (QED) is 0.0823. The molecular formula is C54H62Cl2F2N12O7S. The smallest absolute Gasteiger partial charge is 0.282 e. The molecule has 1 unspecified atom stereocenters. The highest BCUT2D eigenvalue weighted by atomic mass is 35.5. The lowest BCUT2D eigenvalue weighted by atomic mass is 9.65. The molecule has 414 valence electrons. The second-order valence-electron chi connectivity index (χ2n) is 21.4. The van der Waals surface area contributed by atoms with Gasteiger partial charge < -0.3 is 35.2 Å². The van der Waals surface area contributed by atoms with Crippen molar-refractivity contribution in [2.45, 2.75) is 110 Å². The van der Waals surface area contributed by atoms with Gasteiger partial charge in [-0.2, -0.15) is 0 Å². The molecule has 5 aromatic rings. The number of benzene rings is 2. The van der Waals surface area contributed by atoms with Crippen LogP contribution in [0.1, 0.15) is 126 Å². The van der Waals surface area contributed by atoms with Crippen molar-refractivity contribution in [3.63, 3.8) is 0 Å². The number of amides is 5. The number of likely N-dealkylation sites (tertiary alicyclic amines) is 1. The molecular weight excluding hydrogens is 1070 g/mol. The number of ether oxygens (including phenoxy) is 2. The van der Waals surface area contributed by atoms with Crippen LogP contribution in [0.25, 0.3) is 5.00 Å². The molecule has 5 atom stereocenters. The van der Waals surface area contributed by atoms with Crippen LogP contribution in [0.4, 0.5) is 8.78 Å². The standard InChI is InChI=1S/C54H62Cl2F2N12O7S/c1-28-29(2)78-51-44(28)46(31-7-9-32(55)10-8-31)62-37(49-65-63-30(3)70(49)51)21-41(71)61-24-42(72)60-18-20-76-33-11-12-35(53(4,22-33)52(75)59-5)50(74)69-19-15-34-36(56)13-14-40(77-26-38-47(48(57)58)67(6)66-64-38)45(34)39(69)25-68-27-54(16-17-54)23-43(68)73/h7-10,13-14,33,35,37,39,48H,11-12,15-27H2,1-6H3,(H,59,75)(H,60,72)(H,61,71)/t33?,35-,37-,39+,53-/m0/s1. The number of aromatic nitrogens is 6. The SMILES string of the molecule is CNC(=O)[C@@]1(C)CC(OCCNC(=O)CNC(=O)C[C@@H]2N=C(c3ccc(Cl)cc3)c3c(sc(C)c3C)-n3c(C)nnc32)CC[C@H]1C(=O)N1CCc2c(Cl)ccc(OCc3nnn(C)c3C(F)F)c2[C@H]1CN1CC2(CC2)CC1=O. The van der Waals surface area contributed by atoms with Crippen LogP contribution < -0.4 is 20.7 Å². The van der Waals surface area contributed by atoms with Crippen molar-refractivity contribution in [2.75, 3.05) is 46.4 Å². The zero-order chi connectivity index (χ0) is 55.4. The first-order valence-corrected chi connectivity index (χ1v) is 27.8. The Morgan fingerprint density at radius 3 is 2.47 bits per heavy atom. The molecule has 19 nitrogen and oxygen atoms in total. The van der Waals surface area contributed by atoms with E-state index in [4.69, 9.17) is 37.7 Å². The van der Waals surface area contributed by atoms with Gasteiger partial charge in [-0.3, -0.25) is 33.5 Å². The monoisotopic (exact) mass is 1130 g/mol. The van der Waals surface area contributed by atoms with Crippen LogP contribution in [0.15, 0.2) is 41.4 Å². The summed E-state index contributed by atoms with van der Waals surface area (Å²) in [6, 6.07) is 9.26. The van der Waals surface area contributed by atoms with Crippen LogP contribution in [0.2, 0.25) is 10.0 Å². The molecule has 2 saturated carbocycles. The van der Waals surface area contributed by atoms with E-state index >= 15 is 4.79 Å². The van der Waals surface area contributed by atoms with E-state index < -0.39 is 47.8 Å². The normalized spacial score (nSPS) is 22.1. The number of aliphatic imine (C=N–C) groups is 1. The van der Waals surface area contributed by atoms with Crippen LogP contribution in [-0.2, 0) is 48.8 Å². The highest BCUT2D eigenvalue weighted by Crippen LogP contribution is 2.54. The van der Waals surface area contributed by atoms with Crippen LogP contribution in [0.5, 0.6) is 5.75 Å². The molecule has 3 aromatic heterocycles. The summed E-state index contributed by atoms with van der Waals surface area (Å²) in [6.07, 6.45) is 0.189. The number of nitrogens with one attached hydrogen (secondary N) is 3. The predicted octanol–water partition coefficient (Wildman–Crippen LogP) is 6.80. The van der Waals surface area contributed by atoms with Crippen LogP contribution in [-0.4, -0.2) is 127 Å². The van der Waals surface area contributed by atoms with Gasteiger partial charge in [-0.25, -0.2) is 13.5 Å². The fourth-order valence-corrected chi connectivity index (χ4v) is 13.5. The van der Waals surface area contributed by atoms with Gasteiger partial charge in [0.1, 0.15) is 40.6 Å². The average Bonchev–Trinajstić information content (AvgIpc) is 3.72. The van der Waals surface area contributed by atoms with E-state index in [1.54, 1.807) is 52.3 Å². The Morgan fingerprint density at radius 2 is 1.76 bits per heavy atom. The zero-order valence-electron chi connectivity index (χ0n) is 44.3. The first-order chi connectivity index (χ1) is 37.3. The second kappa shape index (κ2) is 22.1. The topological polar surface area (TPSA) is 220 Å². The molecule has 0 bridgehead atoms. The van der Waals surface area contributed by atoms with Crippen molar-refractivity contribution in [1.82, 2.24) is 55.5 Å². The molecule has 0 radical (unpaired) electrons. The minimum Gasteiger partial charge on any atom is -0.487 e. The van der Waals surface area contributed by atoms with Crippen LogP contribution in [0, 0.1) is 37.5 Å². The molecule has 1 spiro atoms. The Bertz CT molecular complexity index is 3210. The van der Waals surface area contributed by atoms with E-state index in [-0.39, 0.29) is 86.8 Å². The first-order valence-electron chi connectivity index (χ1n) is 26.2. The highest BCUT2D eigenvalue weighted by Gasteiger charge is 2.55. The van der Waals surface area contributed by atoms with Crippen molar-refractivity contribution in [2.24, 2.45) is 28.8 Å². The van der Waals surface area contributed by atoms with Crippen molar-refractivity contribution in [1.29, 1.82) is 0 Å². The first kappa shape index (κ1) is 55.0. The number of halogens is 4. The molecule has 24 heteroatoms. The Balaban J connectivity index is 0.782. The second-order valence-corrected chi connectivity index (χ2v) is 23.4. The largest absolute Gasteiger partial charge is 0.487 e. The lowest BCUT2D eigenvalue weighted by molar-refractivity contribution is -0.157. The maximum absolute atomic E-state index is 15.3. The van der Waals surface area contributed by atoms with Gasteiger partial charge in [0.25, 0.3) is 6.43 Å². The third kappa shape index (κ3) is 10.6. The summed E-state index contributed by atoms with van der Waals surface area (Å²) in [5.74, 6) is -0.772. The summed E-state index contributed by atoms with van der Waals surface area (Å²) >= 11 is 14.7. The molecule has 6 heterocycles. The molecule has 78 heavy (non-hydrogen) atoms. The Kier molecular flexibility index (Phi) is 15.5. The van der Waals surface area contributed by atoms with Crippen LogP contribution in [0.3, 0.4) is 0 Å². The lowest BCUT2D eigenvalue weighted by Crippen LogP contribution is -2.56. The van der Waals surface area contributed by atoms with Gasteiger partial charge in [-0.15, -0.1) is 26.6 Å². The summed E-state index contributed by atoms with van der Waals surface area (Å²) in [4.78, 5) is 79.4. The third-order valence-corrected chi connectivity index (χ3v) is 18.1. The van der Waals surface area contributed by atoms with E-state index in [0.29, 0.717) is 70.9 Å². The minimum absolute atomic E-state index is 0.0126. The molecule has 3 N–H and O–H groups in total. The van der Waals surface area contributed by atoms with E-state index in [9.17, 15) is 28.0 Å². The Labute approximate surface area is 463 Å². The predicted molar refractivity (Wildman–Crippen MR) is 286 cm³/mol. The van der Waals surface area contributed by atoms with E-state index in [0.717, 1.165) is 49.7 Å². The number of alkyl halides is 2. The highest BCUT2D eigenvalue weighted by molar-refractivity contribution is 7.15. The van der Waals surface area contributed by atoms with Crippen molar-refractivity contribution >= 4 is 69.8 Å². The molecule has 3 fully saturated rings. The third-order valence-electron chi connectivity index (χ3n) is 16.3. The number of aryl methyl sites for hydroxylation is 3. The number of hydrogen-bond acceptors (Lipinski definition) is 13. The van der Waals surface area contributed by atoms with E-state index in [1.165, 1.54) is 14.1 Å². The summed E-state index contributed by atoms with van der Waals surface area (Å²) in [7, 11) is 2.91. The fraction of sp³-hybridized carbons (Fsp3) is 0.519. The number of fused-ring (bicyclic) bond motifs is 4. The van der Waals surface area contributed by atoms with Gasteiger partial charge in [0.15, 0.2) is 5.82 Å². The number of hydrogen-bond donors (Lipinski definition) is 3. The van der Waals surface area contributed by atoms with Gasteiger partial charge in [0, 0.05) is 78.3 Å². The maximum atomic E-state index is 15.3. The summed E-state index contributed by atoms with van der Waals surface area (Å²) < 4.78 is 43.7. The van der Waals surface area contributed by atoms with Gasteiger partial charge in [0.2, 0.25) is 29.5 Å². The Morgan fingerprint density at radius 1 is 0.987 bits per heavy atom. The van der Waals surface area contributed by atoms with Crippen molar-refractivity contribution in [3.05, 3.63) is 102 Å². The van der Waals surface area contributed by atoms with E-state index in [1.807, 2.05) is 30.5 Å². The summed E-state index contributed by atoms with van der Waals surface area (Å²) in [5, 5.41) is 26.8. The number of rotatable bonds is 17. The molecule has 3 aliphatic heterocycles. The molecule has 2 aliphatic carbocycles. The minimum atomic E-state index is -2.85. The molecule has 5 amide bonds. The number of thiophene rings is 1. The van der Waals surface area contributed by atoms with Crippen LogP contribution >= 0.6 is 34.5 Å². The number of nitrogens with zero attached hydrogens (tertiary/aromatic N) is 9. The summed E-state index contributed by atoms with van der Waals surface area (Å²) in [5.41, 5.74) is 3.12. The maximum Gasteiger partial charge on any atom is 0.282 e. The Hall–Kier alpha value is -6.36. The van der Waals surface area contributed by atoms with Crippen molar-refractivity contribution in [3.8, 4) is 10.8 Å².